The van der Waals surface area contributed by atoms with Crippen molar-refractivity contribution in [3.05, 3.63) is 24.3 Å². The molecule has 2 N–H and O–H groups in total. The van der Waals surface area contributed by atoms with Crippen LogP contribution >= 0.6 is 0 Å². The molecule has 100 valence electrons. The van der Waals surface area contributed by atoms with Gasteiger partial charge in [-0.05, 0) is 45.0 Å². The maximum absolute atomic E-state index is 11.7. The van der Waals surface area contributed by atoms with Crippen LogP contribution in [-0.4, -0.2) is 25.8 Å². The molecule has 5 nitrogen and oxygen atoms in total. The molecule has 0 radical (unpaired) electrons. The number of nitrogens with zero attached hydrogens (tertiary/aromatic N) is 2. The van der Waals surface area contributed by atoms with Gasteiger partial charge in [-0.25, -0.2) is 15.6 Å². The van der Waals surface area contributed by atoms with Crippen molar-refractivity contribution in [2.45, 2.75) is 26.4 Å². The molecule has 5 heteroatoms. The summed E-state index contributed by atoms with van der Waals surface area (Å²) in [6.45, 7) is 5.40. The largest absolute Gasteiger partial charge is 0.442 e. The number of hydrogen-bond donors (Lipinski definition) is 1. The molecule has 0 aliphatic heterocycles. The lowest BCUT2D eigenvalue weighted by Crippen LogP contribution is -2.41. The highest BCUT2D eigenvalue weighted by molar-refractivity contribution is 5.86. The van der Waals surface area contributed by atoms with Crippen LogP contribution in [0.15, 0.2) is 24.3 Å². The summed E-state index contributed by atoms with van der Waals surface area (Å²) >= 11 is 0. The molecule has 0 spiro atoms. The summed E-state index contributed by atoms with van der Waals surface area (Å²) in [7, 11) is 3.90. The third-order valence-corrected chi connectivity index (χ3v) is 2.23. The van der Waals surface area contributed by atoms with Crippen LogP contribution in [0.2, 0.25) is 0 Å². The first-order valence-corrected chi connectivity index (χ1v) is 5.76. The van der Waals surface area contributed by atoms with E-state index in [4.69, 9.17) is 10.6 Å². The molecule has 0 aliphatic carbocycles. The van der Waals surface area contributed by atoms with E-state index >= 15 is 0 Å². The van der Waals surface area contributed by atoms with E-state index in [0.717, 1.165) is 10.7 Å². The number of ether oxygens (including phenoxy) is 1. The van der Waals surface area contributed by atoms with E-state index < -0.39 is 11.7 Å². The van der Waals surface area contributed by atoms with Crippen LogP contribution in [0.5, 0.6) is 0 Å². The van der Waals surface area contributed by atoms with Crippen LogP contribution in [0.3, 0.4) is 0 Å². The van der Waals surface area contributed by atoms with Crippen molar-refractivity contribution in [2.24, 2.45) is 5.84 Å². The molecular formula is C13H21N3O2. The molecule has 0 unspecified atom stereocenters. The van der Waals surface area contributed by atoms with Crippen LogP contribution in [0.25, 0.3) is 0 Å². The quantitative estimate of drug-likeness (QED) is 0.498. The molecule has 0 aromatic heterocycles. The molecule has 0 saturated heterocycles. The van der Waals surface area contributed by atoms with E-state index in [1.54, 1.807) is 32.9 Å². The Labute approximate surface area is 108 Å². The van der Waals surface area contributed by atoms with Gasteiger partial charge >= 0.3 is 6.09 Å². The molecule has 0 heterocycles. The minimum Gasteiger partial charge on any atom is -0.442 e. The van der Waals surface area contributed by atoms with Crippen LogP contribution < -0.4 is 15.8 Å². The van der Waals surface area contributed by atoms with Gasteiger partial charge in [0.2, 0.25) is 0 Å². The Balaban J connectivity index is 2.78. The van der Waals surface area contributed by atoms with Crippen molar-refractivity contribution in [2.75, 3.05) is 24.0 Å². The molecule has 1 rings (SSSR count). The number of benzene rings is 1. The summed E-state index contributed by atoms with van der Waals surface area (Å²) in [6.07, 6.45) is -0.569. The number of hydrogen-bond acceptors (Lipinski definition) is 4. The summed E-state index contributed by atoms with van der Waals surface area (Å²) < 4.78 is 5.18. The molecule has 1 aromatic rings. The highest BCUT2D eigenvalue weighted by Gasteiger charge is 2.21. The van der Waals surface area contributed by atoms with Crippen molar-refractivity contribution in [1.82, 2.24) is 0 Å². The topological polar surface area (TPSA) is 58.8 Å². The zero-order chi connectivity index (χ0) is 13.9. The van der Waals surface area contributed by atoms with Crippen LogP contribution in [0.1, 0.15) is 20.8 Å². The van der Waals surface area contributed by atoms with Crippen molar-refractivity contribution < 1.29 is 9.53 Å². The minimum atomic E-state index is -0.569. The summed E-state index contributed by atoms with van der Waals surface area (Å²) in [5.41, 5.74) is 1.07. The van der Waals surface area contributed by atoms with Gasteiger partial charge in [0.1, 0.15) is 5.60 Å². The minimum absolute atomic E-state index is 0.557. The predicted octanol–water partition coefficient (Wildman–Crippen LogP) is 2.37. The van der Waals surface area contributed by atoms with E-state index in [1.165, 1.54) is 0 Å². The second-order valence-electron chi connectivity index (χ2n) is 5.26. The second kappa shape index (κ2) is 5.27. The van der Waals surface area contributed by atoms with Gasteiger partial charge in [0.15, 0.2) is 0 Å². The molecule has 18 heavy (non-hydrogen) atoms. The summed E-state index contributed by atoms with van der Waals surface area (Å²) in [4.78, 5) is 13.7. The smallest absolute Gasteiger partial charge is 0.429 e. The lowest BCUT2D eigenvalue weighted by Gasteiger charge is -2.24. The van der Waals surface area contributed by atoms with Gasteiger partial charge in [0, 0.05) is 19.8 Å². The first kappa shape index (κ1) is 14.3. The molecule has 0 aliphatic rings. The summed E-state index contributed by atoms with van der Waals surface area (Å²) in [5.74, 6) is 5.72. The first-order chi connectivity index (χ1) is 8.20. The normalized spacial score (nSPS) is 11.0. The zero-order valence-corrected chi connectivity index (χ0v) is 11.6. The van der Waals surface area contributed by atoms with Gasteiger partial charge < -0.3 is 9.64 Å². The number of carbonyl (C=O) groups excluding carboxylic acids is 1. The third-order valence-electron chi connectivity index (χ3n) is 2.23. The fourth-order valence-electron chi connectivity index (χ4n) is 1.33. The molecular weight excluding hydrogens is 230 g/mol. The van der Waals surface area contributed by atoms with Crippen LogP contribution in [0.4, 0.5) is 16.2 Å². The summed E-state index contributed by atoms with van der Waals surface area (Å²) in [5, 5.41) is 1.00. The SMILES string of the molecule is CN(C)c1ccc(N(N)C(=O)OC(C)(C)C)cc1. The zero-order valence-electron chi connectivity index (χ0n) is 11.6. The maximum atomic E-state index is 11.7. The first-order valence-electron chi connectivity index (χ1n) is 5.76. The Hall–Kier alpha value is -1.75. The van der Waals surface area contributed by atoms with Crippen molar-refractivity contribution >= 4 is 17.5 Å². The average molecular weight is 251 g/mol. The van der Waals surface area contributed by atoms with Gasteiger partial charge in [0.25, 0.3) is 0 Å². The molecule has 0 saturated carbocycles. The highest BCUT2D eigenvalue weighted by atomic mass is 16.6. The Kier molecular flexibility index (Phi) is 4.19. The van der Waals surface area contributed by atoms with E-state index in [-0.39, 0.29) is 0 Å². The lowest BCUT2D eigenvalue weighted by atomic mass is 10.2. The Morgan fingerprint density at radius 1 is 1.11 bits per heavy atom. The number of carbonyl (C=O) groups is 1. The molecule has 1 amide bonds. The number of nitrogens with two attached hydrogens (primary N) is 1. The Morgan fingerprint density at radius 3 is 1.94 bits per heavy atom. The van der Waals surface area contributed by atoms with Crippen molar-refractivity contribution in [1.29, 1.82) is 0 Å². The van der Waals surface area contributed by atoms with Gasteiger partial charge in [-0.2, -0.15) is 0 Å². The van der Waals surface area contributed by atoms with E-state index in [9.17, 15) is 4.79 Å². The van der Waals surface area contributed by atoms with Crippen molar-refractivity contribution in [3.63, 3.8) is 0 Å². The third kappa shape index (κ3) is 3.92. The maximum Gasteiger partial charge on any atom is 0.429 e. The highest BCUT2D eigenvalue weighted by Crippen LogP contribution is 2.19. The number of rotatable bonds is 2. The van der Waals surface area contributed by atoms with Crippen molar-refractivity contribution in [3.8, 4) is 0 Å². The van der Waals surface area contributed by atoms with E-state index in [2.05, 4.69) is 0 Å². The fraction of sp³-hybridized carbons (Fsp3) is 0.462. The van der Waals surface area contributed by atoms with Crippen LogP contribution in [0, 0.1) is 0 Å². The molecule has 1 aromatic carbocycles. The Bertz CT molecular complexity index is 407. The number of hydrazine groups is 1. The number of anilines is 2. The Morgan fingerprint density at radius 2 is 1.56 bits per heavy atom. The van der Waals surface area contributed by atoms with Gasteiger partial charge in [-0.15, -0.1) is 0 Å². The monoisotopic (exact) mass is 251 g/mol. The summed E-state index contributed by atoms with van der Waals surface area (Å²) in [6, 6.07) is 7.33. The van der Waals surface area contributed by atoms with Gasteiger partial charge in [0.05, 0.1) is 5.69 Å². The fourth-order valence-corrected chi connectivity index (χ4v) is 1.33. The molecule has 0 bridgehead atoms. The molecule has 0 atom stereocenters. The van der Waals surface area contributed by atoms with E-state index in [0.29, 0.717) is 5.69 Å². The average Bonchev–Trinajstić information content (AvgIpc) is 2.26. The lowest BCUT2D eigenvalue weighted by molar-refractivity contribution is 0.0580. The van der Waals surface area contributed by atoms with Gasteiger partial charge in [-0.1, -0.05) is 0 Å². The van der Waals surface area contributed by atoms with E-state index in [1.807, 2.05) is 31.1 Å². The van der Waals surface area contributed by atoms with Crippen LogP contribution in [-0.2, 0) is 4.74 Å². The predicted molar refractivity (Wildman–Crippen MR) is 73.7 cm³/mol. The molecule has 0 fully saturated rings. The second-order valence-corrected chi connectivity index (χ2v) is 5.26. The standard InChI is InChI=1S/C13H21N3O2/c1-13(2,3)18-12(17)16(14)11-8-6-10(7-9-11)15(4)5/h6-9H,14H2,1-5H3. The van der Waals surface area contributed by atoms with Gasteiger partial charge in [-0.3, -0.25) is 0 Å². The number of amides is 1.